The van der Waals surface area contributed by atoms with Crippen LogP contribution in [0.3, 0.4) is 0 Å². The van der Waals surface area contributed by atoms with Crippen LogP contribution in [0.2, 0.25) is 0 Å². The molecule has 4 nitrogen and oxygen atoms in total. The summed E-state index contributed by atoms with van der Waals surface area (Å²) in [6.07, 6.45) is 0. The van der Waals surface area contributed by atoms with E-state index in [0.29, 0.717) is 0 Å². The Kier molecular flexibility index (Phi) is 6.27. The average Bonchev–Trinajstić information content (AvgIpc) is 2.30. The lowest BCUT2D eigenvalue weighted by molar-refractivity contribution is 0.0170. The Hall–Kier alpha value is -0.830. The highest BCUT2D eigenvalue weighted by atomic mass is 35.5. The molecule has 0 atom stereocenters. The van der Waals surface area contributed by atoms with Crippen molar-refractivity contribution in [2.45, 2.75) is 17.7 Å². The molecule has 0 aliphatic heterocycles. The van der Waals surface area contributed by atoms with Crippen molar-refractivity contribution in [1.29, 1.82) is 0 Å². The van der Waals surface area contributed by atoms with Crippen molar-refractivity contribution in [1.82, 2.24) is 4.72 Å². The van der Waals surface area contributed by atoms with Crippen LogP contribution < -0.4 is 10.5 Å². The number of hydrogen-bond acceptors (Lipinski definition) is 3. The van der Waals surface area contributed by atoms with Crippen LogP contribution in [0.1, 0.15) is 5.56 Å². The van der Waals surface area contributed by atoms with E-state index in [0.717, 1.165) is 12.1 Å². The molecule has 1 rings (SSSR count). The molecule has 0 aromatic heterocycles. The second-order valence-electron chi connectivity index (χ2n) is 3.80. The molecular weight excluding hydrogens is 305 g/mol. The second-order valence-corrected chi connectivity index (χ2v) is 5.56. The van der Waals surface area contributed by atoms with Gasteiger partial charge in [-0.25, -0.2) is 26.3 Å². The van der Waals surface area contributed by atoms with Crippen LogP contribution in [0, 0.1) is 12.7 Å². The Balaban J connectivity index is 0.00000324. The maximum Gasteiger partial charge on any atom is 0.273 e. The molecule has 1 aromatic carbocycles. The summed E-state index contributed by atoms with van der Waals surface area (Å²) in [7, 11) is -4.17. The predicted octanol–water partition coefficient (Wildman–Crippen LogP) is 1.43. The minimum absolute atomic E-state index is 0. The van der Waals surface area contributed by atoms with E-state index in [4.69, 9.17) is 5.73 Å². The van der Waals surface area contributed by atoms with E-state index in [9.17, 15) is 21.6 Å². The maximum atomic E-state index is 13.2. The highest BCUT2D eigenvalue weighted by Crippen LogP contribution is 2.15. The van der Waals surface area contributed by atoms with Crippen LogP contribution >= 0.6 is 12.4 Å². The van der Waals surface area contributed by atoms with Gasteiger partial charge in [-0.1, -0.05) is 6.07 Å². The fraction of sp³-hybridized carbons (Fsp3) is 0.400. The van der Waals surface area contributed by atoms with E-state index in [1.165, 1.54) is 13.0 Å². The molecule has 1 aromatic rings. The van der Waals surface area contributed by atoms with Crippen LogP contribution in [-0.4, -0.2) is 27.4 Å². The number of rotatable bonds is 5. The molecule has 0 radical (unpaired) electrons. The minimum Gasteiger partial charge on any atom is -0.325 e. The molecule has 0 fully saturated rings. The Morgan fingerprint density at radius 3 is 2.42 bits per heavy atom. The zero-order valence-electron chi connectivity index (χ0n) is 9.99. The number of sulfonamides is 1. The predicted molar refractivity (Wildman–Crippen MR) is 67.6 cm³/mol. The van der Waals surface area contributed by atoms with Gasteiger partial charge in [-0.3, -0.25) is 0 Å². The van der Waals surface area contributed by atoms with Gasteiger partial charge in [0.05, 0.1) is 18.0 Å². The Labute approximate surface area is 115 Å². The van der Waals surface area contributed by atoms with E-state index in [1.54, 1.807) is 4.72 Å². The van der Waals surface area contributed by atoms with Crippen molar-refractivity contribution in [2.75, 3.05) is 13.1 Å². The quantitative estimate of drug-likeness (QED) is 0.862. The topological polar surface area (TPSA) is 72.2 Å². The second kappa shape index (κ2) is 6.56. The number of nitrogens with one attached hydrogen (secondary N) is 1. The molecule has 0 amide bonds. The number of nitrogens with two attached hydrogens (primary N) is 1. The number of halogens is 4. The monoisotopic (exact) mass is 318 g/mol. The number of hydrogen-bond donors (Lipinski definition) is 2. The van der Waals surface area contributed by atoms with Crippen molar-refractivity contribution in [3.8, 4) is 0 Å². The zero-order valence-corrected chi connectivity index (χ0v) is 11.6. The van der Waals surface area contributed by atoms with Crippen molar-refractivity contribution in [3.05, 3.63) is 29.6 Å². The summed E-state index contributed by atoms with van der Waals surface area (Å²) in [5.74, 6) is -4.06. The summed E-state index contributed by atoms with van der Waals surface area (Å²) in [6.45, 7) is -0.638. The minimum atomic E-state index is -4.17. The standard InChI is InChI=1S/C10H13F3N2O2S.ClH/c1-7-2-3-8(4-9(7)11)18(16,17)15-6-10(12,13)5-14;/h2-4,15H,5-6,14H2,1H3;1H. The Bertz CT molecular complexity index is 538. The first kappa shape index (κ1) is 18.2. The van der Waals surface area contributed by atoms with Crippen LogP contribution in [-0.2, 0) is 10.0 Å². The molecule has 0 heterocycles. The number of aryl methyl sites for hydroxylation is 1. The van der Waals surface area contributed by atoms with Crippen molar-refractivity contribution in [2.24, 2.45) is 5.73 Å². The van der Waals surface area contributed by atoms with Gasteiger partial charge in [-0.15, -0.1) is 12.4 Å². The number of benzene rings is 1. The number of alkyl halides is 2. The summed E-state index contributed by atoms with van der Waals surface area (Å²) < 4.78 is 63.7. The van der Waals surface area contributed by atoms with Crippen LogP contribution in [0.25, 0.3) is 0 Å². The smallest absolute Gasteiger partial charge is 0.273 e. The van der Waals surface area contributed by atoms with Gasteiger partial charge < -0.3 is 5.73 Å². The van der Waals surface area contributed by atoms with Gasteiger partial charge in [0.15, 0.2) is 0 Å². The van der Waals surface area contributed by atoms with E-state index in [2.05, 4.69) is 0 Å². The fourth-order valence-electron chi connectivity index (χ4n) is 1.10. The highest BCUT2D eigenvalue weighted by Gasteiger charge is 2.29. The summed E-state index contributed by atoms with van der Waals surface area (Å²) in [6, 6.07) is 3.17. The van der Waals surface area contributed by atoms with Crippen LogP contribution in [0.5, 0.6) is 0 Å². The summed E-state index contributed by atoms with van der Waals surface area (Å²) in [5.41, 5.74) is 5.04. The molecule has 110 valence electrons. The molecular formula is C10H14ClF3N2O2S. The van der Waals surface area contributed by atoms with Gasteiger partial charge in [0, 0.05) is 0 Å². The molecule has 0 saturated heterocycles. The average molecular weight is 319 g/mol. The third kappa shape index (κ3) is 4.98. The van der Waals surface area contributed by atoms with Crippen LogP contribution in [0.4, 0.5) is 13.2 Å². The zero-order chi connectivity index (χ0) is 14.0. The largest absolute Gasteiger partial charge is 0.325 e. The van der Waals surface area contributed by atoms with Gasteiger partial charge >= 0.3 is 0 Å². The molecule has 0 aliphatic rings. The molecule has 0 unspecified atom stereocenters. The Morgan fingerprint density at radius 1 is 1.37 bits per heavy atom. The van der Waals surface area contributed by atoms with Gasteiger partial charge in [-0.2, -0.15) is 0 Å². The molecule has 0 bridgehead atoms. The fourth-order valence-corrected chi connectivity index (χ4v) is 2.17. The summed E-state index contributed by atoms with van der Waals surface area (Å²) >= 11 is 0. The van der Waals surface area contributed by atoms with Crippen molar-refractivity contribution >= 4 is 22.4 Å². The molecule has 0 saturated carbocycles. The third-order valence-electron chi connectivity index (χ3n) is 2.27. The van der Waals surface area contributed by atoms with Gasteiger partial charge in [0.1, 0.15) is 5.82 Å². The van der Waals surface area contributed by atoms with Crippen molar-refractivity contribution in [3.63, 3.8) is 0 Å². The van der Waals surface area contributed by atoms with Gasteiger partial charge in [-0.05, 0) is 24.6 Å². The van der Waals surface area contributed by atoms with E-state index in [-0.39, 0.29) is 18.0 Å². The first-order chi connectivity index (χ1) is 8.18. The SMILES string of the molecule is Cc1ccc(S(=O)(=O)NCC(F)(F)CN)cc1F.Cl. The van der Waals surface area contributed by atoms with Gasteiger partial charge in [0.2, 0.25) is 10.0 Å². The molecule has 9 heteroatoms. The molecule has 19 heavy (non-hydrogen) atoms. The lowest BCUT2D eigenvalue weighted by Gasteiger charge is -2.14. The highest BCUT2D eigenvalue weighted by molar-refractivity contribution is 7.89. The first-order valence-electron chi connectivity index (χ1n) is 5.02. The molecule has 0 aliphatic carbocycles. The summed E-state index contributed by atoms with van der Waals surface area (Å²) in [4.78, 5) is -0.404. The van der Waals surface area contributed by atoms with Crippen molar-refractivity contribution < 1.29 is 21.6 Å². The van der Waals surface area contributed by atoms with Gasteiger partial charge in [0.25, 0.3) is 5.92 Å². The summed E-state index contributed by atoms with van der Waals surface area (Å²) in [5, 5.41) is 0. The Morgan fingerprint density at radius 2 is 1.95 bits per heavy atom. The normalized spacial score (nSPS) is 12.1. The molecule has 3 N–H and O–H groups in total. The third-order valence-corrected chi connectivity index (χ3v) is 3.67. The lowest BCUT2D eigenvalue weighted by atomic mass is 10.2. The van der Waals surface area contributed by atoms with E-state index >= 15 is 0 Å². The lowest BCUT2D eigenvalue weighted by Crippen LogP contribution is -2.41. The molecule has 0 spiro atoms. The van der Waals surface area contributed by atoms with E-state index < -0.39 is 39.7 Å². The first-order valence-corrected chi connectivity index (χ1v) is 6.50. The van der Waals surface area contributed by atoms with Crippen LogP contribution in [0.15, 0.2) is 23.1 Å². The maximum absolute atomic E-state index is 13.2. The van der Waals surface area contributed by atoms with E-state index in [1.807, 2.05) is 0 Å².